The van der Waals surface area contributed by atoms with E-state index in [9.17, 15) is 16.8 Å². The predicted octanol–water partition coefficient (Wildman–Crippen LogP) is 2.90. The van der Waals surface area contributed by atoms with Crippen molar-refractivity contribution in [2.24, 2.45) is 0 Å². The van der Waals surface area contributed by atoms with Gasteiger partial charge in [-0.15, -0.1) is 0 Å². The molecule has 1 aliphatic heterocycles. The lowest BCUT2D eigenvalue weighted by Crippen LogP contribution is -2.50. The molecule has 9 heteroatoms. The van der Waals surface area contributed by atoms with E-state index < -0.39 is 20.0 Å². The molecule has 0 aliphatic carbocycles. The zero-order valence-corrected chi connectivity index (χ0v) is 19.1. The maximum absolute atomic E-state index is 13.0. The Bertz CT molecular complexity index is 1060. The Balaban J connectivity index is 1.70. The molecule has 2 aromatic carbocycles. The van der Waals surface area contributed by atoms with E-state index in [1.807, 2.05) is 12.1 Å². The highest BCUT2D eigenvalue weighted by Crippen LogP contribution is 2.25. The lowest BCUT2D eigenvalue weighted by atomic mass is 9.99. The standard InChI is InChI=1S/C21H28N2O5S2/c1-4-17(2)18-5-9-20(10-6-18)29(24,25)22-13-15-23(16-14-22)30(26,27)21-11-7-19(28-3)8-12-21/h5-12,17H,4,13-16H2,1-3H3/t17-/m1/s1. The Labute approximate surface area is 179 Å². The summed E-state index contributed by atoms with van der Waals surface area (Å²) < 4.78 is 59.4. The van der Waals surface area contributed by atoms with E-state index in [1.54, 1.807) is 24.3 Å². The van der Waals surface area contributed by atoms with Crippen LogP contribution in [-0.4, -0.2) is 58.7 Å². The van der Waals surface area contributed by atoms with Crippen molar-refractivity contribution in [3.8, 4) is 5.75 Å². The first-order valence-electron chi connectivity index (χ1n) is 9.94. The lowest BCUT2D eigenvalue weighted by molar-refractivity contribution is 0.273. The molecule has 3 rings (SSSR count). The quantitative estimate of drug-likeness (QED) is 0.645. The van der Waals surface area contributed by atoms with Gasteiger partial charge in [-0.05, 0) is 54.3 Å². The molecule has 1 fully saturated rings. The van der Waals surface area contributed by atoms with E-state index in [0.29, 0.717) is 11.7 Å². The molecule has 1 aliphatic rings. The number of piperazine rings is 1. The van der Waals surface area contributed by atoms with Crippen molar-refractivity contribution in [1.82, 2.24) is 8.61 Å². The van der Waals surface area contributed by atoms with Gasteiger partial charge >= 0.3 is 0 Å². The second-order valence-corrected chi connectivity index (χ2v) is 11.2. The minimum Gasteiger partial charge on any atom is -0.497 e. The lowest BCUT2D eigenvalue weighted by Gasteiger charge is -2.33. The first kappa shape index (κ1) is 22.7. The minimum absolute atomic E-state index is 0.110. The van der Waals surface area contributed by atoms with Gasteiger partial charge in [0.2, 0.25) is 20.0 Å². The van der Waals surface area contributed by atoms with Crippen molar-refractivity contribution in [2.75, 3.05) is 33.3 Å². The highest BCUT2D eigenvalue weighted by Gasteiger charge is 2.33. The SMILES string of the molecule is CC[C@@H](C)c1ccc(S(=O)(=O)N2CCN(S(=O)(=O)c3ccc(OC)cc3)CC2)cc1. The molecule has 7 nitrogen and oxygen atoms in total. The number of rotatable bonds is 7. The molecule has 0 spiro atoms. The van der Waals surface area contributed by atoms with Crippen LogP contribution in [-0.2, 0) is 20.0 Å². The Kier molecular flexibility index (Phi) is 6.86. The predicted molar refractivity (Wildman–Crippen MR) is 116 cm³/mol. The van der Waals surface area contributed by atoms with Gasteiger partial charge in [-0.1, -0.05) is 26.0 Å². The third-order valence-electron chi connectivity index (χ3n) is 5.59. The van der Waals surface area contributed by atoms with Gasteiger partial charge in [0.15, 0.2) is 0 Å². The van der Waals surface area contributed by atoms with Crippen LogP contribution in [0.5, 0.6) is 5.75 Å². The van der Waals surface area contributed by atoms with Crippen LogP contribution in [0.4, 0.5) is 0 Å². The highest BCUT2D eigenvalue weighted by atomic mass is 32.2. The molecule has 0 amide bonds. The zero-order chi connectivity index (χ0) is 21.9. The number of benzene rings is 2. The summed E-state index contributed by atoms with van der Waals surface area (Å²) in [5.74, 6) is 0.942. The molecule has 0 unspecified atom stereocenters. The summed E-state index contributed by atoms with van der Waals surface area (Å²) in [6.45, 7) is 4.65. The molecule has 1 atom stereocenters. The Morgan fingerprint density at radius 1 is 0.800 bits per heavy atom. The van der Waals surface area contributed by atoms with Crippen LogP contribution < -0.4 is 4.74 Å². The smallest absolute Gasteiger partial charge is 0.243 e. The summed E-state index contributed by atoms with van der Waals surface area (Å²) >= 11 is 0. The van der Waals surface area contributed by atoms with Gasteiger partial charge in [-0.3, -0.25) is 0 Å². The van der Waals surface area contributed by atoms with E-state index in [-0.39, 0.29) is 36.0 Å². The van der Waals surface area contributed by atoms with Crippen LogP contribution in [0.25, 0.3) is 0 Å². The molecule has 164 valence electrons. The number of methoxy groups -OCH3 is 1. The molecule has 0 saturated carbocycles. The molecule has 1 saturated heterocycles. The fraction of sp³-hybridized carbons (Fsp3) is 0.429. The monoisotopic (exact) mass is 452 g/mol. The van der Waals surface area contributed by atoms with Crippen molar-refractivity contribution < 1.29 is 21.6 Å². The molecule has 0 aromatic heterocycles. The molecule has 0 radical (unpaired) electrons. The molecule has 30 heavy (non-hydrogen) atoms. The summed E-state index contributed by atoms with van der Waals surface area (Å²) in [5, 5.41) is 0. The summed E-state index contributed by atoms with van der Waals surface area (Å²) in [5.41, 5.74) is 1.10. The van der Waals surface area contributed by atoms with E-state index in [4.69, 9.17) is 4.74 Å². The van der Waals surface area contributed by atoms with Crippen LogP contribution in [0.3, 0.4) is 0 Å². The summed E-state index contributed by atoms with van der Waals surface area (Å²) in [6.07, 6.45) is 0.983. The van der Waals surface area contributed by atoms with Crippen LogP contribution in [0.15, 0.2) is 58.3 Å². The number of sulfonamides is 2. The third kappa shape index (κ3) is 4.54. The van der Waals surface area contributed by atoms with Crippen molar-refractivity contribution >= 4 is 20.0 Å². The van der Waals surface area contributed by atoms with E-state index in [0.717, 1.165) is 12.0 Å². The largest absolute Gasteiger partial charge is 0.497 e. The summed E-state index contributed by atoms with van der Waals surface area (Å²) in [6, 6.07) is 13.2. The first-order valence-corrected chi connectivity index (χ1v) is 12.8. The van der Waals surface area contributed by atoms with Crippen molar-refractivity contribution in [3.05, 3.63) is 54.1 Å². The van der Waals surface area contributed by atoms with Crippen molar-refractivity contribution in [1.29, 1.82) is 0 Å². The van der Waals surface area contributed by atoms with Gasteiger partial charge in [0.05, 0.1) is 16.9 Å². The van der Waals surface area contributed by atoms with Crippen LogP contribution in [0.1, 0.15) is 31.7 Å². The van der Waals surface area contributed by atoms with E-state index in [2.05, 4.69) is 13.8 Å². The molecule has 2 aromatic rings. The number of hydrogen-bond acceptors (Lipinski definition) is 5. The van der Waals surface area contributed by atoms with Crippen LogP contribution in [0.2, 0.25) is 0 Å². The van der Waals surface area contributed by atoms with Crippen molar-refractivity contribution in [3.63, 3.8) is 0 Å². The first-order chi connectivity index (χ1) is 14.2. The van der Waals surface area contributed by atoms with E-state index in [1.165, 1.54) is 27.9 Å². The van der Waals surface area contributed by atoms with Crippen molar-refractivity contribution in [2.45, 2.75) is 36.0 Å². The minimum atomic E-state index is -3.68. The average molecular weight is 453 g/mol. The maximum Gasteiger partial charge on any atom is 0.243 e. The highest BCUT2D eigenvalue weighted by molar-refractivity contribution is 7.89. The van der Waals surface area contributed by atoms with Crippen LogP contribution in [0, 0.1) is 0 Å². The maximum atomic E-state index is 13.0. The van der Waals surface area contributed by atoms with Gasteiger partial charge < -0.3 is 4.74 Å². The molecular weight excluding hydrogens is 424 g/mol. The normalized spacial score (nSPS) is 17.6. The molecule has 0 bridgehead atoms. The topological polar surface area (TPSA) is 84.0 Å². The number of hydrogen-bond donors (Lipinski definition) is 0. The second kappa shape index (κ2) is 9.05. The fourth-order valence-corrected chi connectivity index (χ4v) is 6.24. The summed E-state index contributed by atoms with van der Waals surface area (Å²) in [7, 11) is -5.83. The Morgan fingerprint density at radius 3 is 1.57 bits per heavy atom. The molecule has 1 heterocycles. The van der Waals surface area contributed by atoms with Gasteiger partial charge in [0.25, 0.3) is 0 Å². The zero-order valence-electron chi connectivity index (χ0n) is 17.5. The molecule has 0 N–H and O–H groups in total. The third-order valence-corrected chi connectivity index (χ3v) is 9.42. The van der Waals surface area contributed by atoms with Gasteiger partial charge in [-0.25, -0.2) is 16.8 Å². The van der Waals surface area contributed by atoms with Gasteiger partial charge in [-0.2, -0.15) is 8.61 Å². The van der Waals surface area contributed by atoms with Crippen LogP contribution >= 0.6 is 0 Å². The molecular formula is C21H28N2O5S2. The van der Waals surface area contributed by atoms with Gasteiger partial charge in [0, 0.05) is 26.2 Å². The fourth-order valence-electron chi connectivity index (χ4n) is 3.40. The average Bonchev–Trinajstić information content (AvgIpc) is 2.78. The second-order valence-electron chi connectivity index (χ2n) is 7.36. The Hall–Kier alpha value is -1.94. The van der Waals surface area contributed by atoms with E-state index >= 15 is 0 Å². The number of nitrogens with zero attached hydrogens (tertiary/aromatic N) is 2. The van der Waals surface area contributed by atoms with Gasteiger partial charge in [0.1, 0.15) is 5.75 Å². The summed E-state index contributed by atoms with van der Waals surface area (Å²) in [4.78, 5) is 0.404. The Morgan fingerprint density at radius 2 is 1.20 bits per heavy atom. The number of ether oxygens (including phenoxy) is 1.